The van der Waals surface area contributed by atoms with Crippen LogP contribution in [0.4, 0.5) is 10.5 Å². The molecule has 1 aliphatic rings. The van der Waals surface area contributed by atoms with E-state index in [1.165, 1.54) is 5.56 Å². The van der Waals surface area contributed by atoms with Crippen LogP contribution in [0.2, 0.25) is 0 Å². The molecule has 1 aromatic heterocycles. The van der Waals surface area contributed by atoms with E-state index >= 15 is 0 Å². The molecule has 0 aliphatic carbocycles. The average Bonchev–Trinajstić information content (AvgIpc) is 3.04. The molecule has 2 heterocycles. The highest BCUT2D eigenvalue weighted by Crippen LogP contribution is 2.24. The molecule has 1 N–H and O–H groups in total. The van der Waals surface area contributed by atoms with Crippen LogP contribution in [0.25, 0.3) is 0 Å². The number of amides is 2. The predicted molar refractivity (Wildman–Crippen MR) is 96.8 cm³/mol. The summed E-state index contributed by atoms with van der Waals surface area (Å²) in [7, 11) is 0. The number of ether oxygens (including phenoxy) is 1. The van der Waals surface area contributed by atoms with Crippen LogP contribution in [0.5, 0.6) is 6.01 Å². The zero-order valence-corrected chi connectivity index (χ0v) is 14.9. The van der Waals surface area contributed by atoms with E-state index in [4.69, 9.17) is 4.74 Å². The number of likely N-dealkylation sites (tertiary alicyclic amines) is 1. The molecule has 2 amide bonds. The van der Waals surface area contributed by atoms with E-state index in [0.29, 0.717) is 19.1 Å². The van der Waals surface area contributed by atoms with Crippen LogP contribution >= 0.6 is 0 Å². The molecule has 1 atom stereocenters. The lowest BCUT2D eigenvalue weighted by atomic mass is 9.87. The molecule has 2 aromatic rings. The molecule has 6 heteroatoms. The van der Waals surface area contributed by atoms with Gasteiger partial charge in [0.25, 0.3) is 0 Å². The molecule has 0 bridgehead atoms. The molecular weight excluding hydrogens is 316 g/mol. The van der Waals surface area contributed by atoms with Crippen LogP contribution < -0.4 is 10.1 Å². The molecule has 0 radical (unpaired) electrons. The van der Waals surface area contributed by atoms with E-state index in [-0.39, 0.29) is 17.6 Å². The second kappa shape index (κ2) is 7.09. The number of anilines is 1. The molecule has 1 fully saturated rings. The van der Waals surface area contributed by atoms with Gasteiger partial charge < -0.3 is 15.0 Å². The molecule has 25 heavy (non-hydrogen) atoms. The van der Waals surface area contributed by atoms with Gasteiger partial charge in [-0.25, -0.2) is 14.8 Å². The summed E-state index contributed by atoms with van der Waals surface area (Å²) < 4.78 is 5.72. The highest BCUT2D eigenvalue weighted by atomic mass is 16.5. The van der Waals surface area contributed by atoms with Crippen LogP contribution in [0, 0.1) is 0 Å². The summed E-state index contributed by atoms with van der Waals surface area (Å²) in [5.74, 6) is 0. The van der Waals surface area contributed by atoms with Crippen molar-refractivity contribution in [3.05, 3.63) is 48.3 Å². The van der Waals surface area contributed by atoms with Crippen LogP contribution in [0.1, 0.15) is 32.8 Å². The van der Waals surface area contributed by atoms with Crippen LogP contribution in [0.3, 0.4) is 0 Å². The number of hydrogen-bond acceptors (Lipinski definition) is 4. The maximum atomic E-state index is 12.4. The third kappa shape index (κ3) is 4.47. The van der Waals surface area contributed by atoms with Crippen molar-refractivity contribution in [1.82, 2.24) is 14.9 Å². The number of carbonyl (C=O) groups is 1. The fraction of sp³-hybridized carbons (Fsp3) is 0.421. The Balaban J connectivity index is 1.54. The number of nitrogens with zero attached hydrogens (tertiary/aromatic N) is 3. The Labute approximate surface area is 148 Å². The van der Waals surface area contributed by atoms with Crippen molar-refractivity contribution in [2.24, 2.45) is 0 Å². The fourth-order valence-corrected chi connectivity index (χ4v) is 2.76. The third-order valence-electron chi connectivity index (χ3n) is 4.25. The lowest BCUT2D eigenvalue weighted by Gasteiger charge is -2.20. The number of rotatable bonds is 3. The molecule has 0 saturated carbocycles. The smallest absolute Gasteiger partial charge is 0.321 e. The Morgan fingerprint density at radius 2 is 1.88 bits per heavy atom. The van der Waals surface area contributed by atoms with Gasteiger partial charge in [-0.05, 0) is 29.2 Å². The Morgan fingerprint density at radius 3 is 2.52 bits per heavy atom. The fourth-order valence-electron chi connectivity index (χ4n) is 2.76. The van der Waals surface area contributed by atoms with Crippen molar-refractivity contribution in [1.29, 1.82) is 0 Å². The van der Waals surface area contributed by atoms with Crippen molar-refractivity contribution in [3.8, 4) is 6.01 Å². The van der Waals surface area contributed by atoms with Crippen LogP contribution in [0.15, 0.2) is 42.7 Å². The summed E-state index contributed by atoms with van der Waals surface area (Å²) in [4.78, 5) is 22.3. The van der Waals surface area contributed by atoms with Gasteiger partial charge >= 0.3 is 12.0 Å². The Kier molecular flexibility index (Phi) is 4.88. The van der Waals surface area contributed by atoms with Gasteiger partial charge in [-0.3, -0.25) is 0 Å². The monoisotopic (exact) mass is 340 g/mol. The van der Waals surface area contributed by atoms with Gasteiger partial charge in [-0.15, -0.1) is 0 Å². The average molecular weight is 340 g/mol. The molecular formula is C19H24N4O2. The van der Waals surface area contributed by atoms with Gasteiger partial charge in [0.15, 0.2) is 0 Å². The summed E-state index contributed by atoms with van der Waals surface area (Å²) in [5.41, 5.74) is 2.14. The molecule has 0 spiro atoms. The van der Waals surface area contributed by atoms with Crippen LogP contribution in [-0.4, -0.2) is 40.1 Å². The van der Waals surface area contributed by atoms with Gasteiger partial charge in [0.2, 0.25) is 0 Å². The summed E-state index contributed by atoms with van der Waals surface area (Å²) >= 11 is 0. The minimum atomic E-state index is -0.108. The van der Waals surface area contributed by atoms with Gasteiger partial charge in [0.1, 0.15) is 6.10 Å². The normalized spacial score (nSPS) is 17.4. The first-order chi connectivity index (χ1) is 11.9. The van der Waals surface area contributed by atoms with Crippen molar-refractivity contribution in [3.63, 3.8) is 0 Å². The molecule has 0 unspecified atom stereocenters. The highest BCUT2D eigenvalue weighted by molar-refractivity contribution is 5.89. The number of hydrogen-bond donors (Lipinski definition) is 1. The number of nitrogens with one attached hydrogen (secondary N) is 1. The van der Waals surface area contributed by atoms with E-state index in [9.17, 15) is 4.79 Å². The van der Waals surface area contributed by atoms with E-state index < -0.39 is 0 Å². The first-order valence-electron chi connectivity index (χ1n) is 8.52. The standard InChI is InChI=1S/C19H24N4O2/c1-19(2,3)14-5-7-15(8-6-14)22-18(24)23-12-9-16(13-23)25-17-20-10-4-11-21-17/h4-8,10-11,16H,9,12-13H2,1-3H3,(H,22,24)/t16-/m0/s1. The first kappa shape index (κ1) is 17.2. The Bertz CT molecular complexity index is 710. The largest absolute Gasteiger partial charge is 0.458 e. The number of carbonyl (C=O) groups excluding carboxylic acids is 1. The van der Waals surface area contributed by atoms with Crippen molar-refractivity contribution in [2.75, 3.05) is 18.4 Å². The summed E-state index contributed by atoms with van der Waals surface area (Å²) in [6.45, 7) is 7.69. The van der Waals surface area contributed by atoms with Crippen molar-refractivity contribution >= 4 is 11.7 Å². The number of urea groups is 1. The quantitative estimate of drug-likeness (QED) is 0.929. The first-order valence-corrected chi connectivity index (χ1v) is 8.52. The topological polar surface area (TPSA) is 67.4 Å². The zero-order valence-electron chi connectivity index (χ0n) is 14.9. The lowest BCUT2D eigenvalue weighted by molar-refractivity contribution is 0.184. The second-order valence-electron chi connectivity index (χ2n) is 7.26. The summed E-state index contributed by atoms with van der Waals surface area (Å²) in [5, 5.41) is 2.95. The molecule has 132 valence electrons. The number of aromatic nitrogens is 2. The van der Waals surface area contributed by atoms with E-state index in [1.807, 2.05) is 12.1 Å². The predicted octanol–water partition coefficient (Wildman–Crippen LogP) is 3.46. The Hall–Kier alpha value is -2.63. The van der Waals surface area contributed by atoms with E-state index in [0.717, 1.165) is 12.1 Å². The van der Waals surface area contributed by atoms with Gasteiger partial charge in [-0.2, -0.15) is 0 Å². The van der Waals surface area contributed by atoms with E-state index in [1.54, 1.807) is 23.4 Å². The molecule has 1 aromatic carbocycles. The second-order valence-corrected chi connectivity index (χ2v) is 7.26. The zero-order chi connectivity index (χ0) is 17.9. The Morgan fingerprint density at radius 1 is 1.20 bits per heavy atom. The van der Waals surface area contributed by atoms with E-state index in [2.05, 4.69) is 48.2 Å². The number of benzene rings is 1. The van der Waals surface area contributed by atoms with Crippen molar-refractivity contribution < 1.29 is 9.53 Å². The summed E-state index contributed by atoms with van der Waals surface area (Å²) in [6, 6.07) is 9.99. The maximum Gasteiger partial charge on any atom is 0.321 e. The maximum absolute atomic E-state index is 12.4. The SMILES string of the molecule is CC(C)(C)c1ccc(NC(=O)N2CC[C@H](Oc3ncccn3)C2)cc1. The van der Waals surface area contributed by atoms with Gasteiger partial charge in [0, 0.05) is 31.0 Å². The minimum absolute atomic E-state index is 0.0728. The summed E-state index contributed by atoms with van der Waals surface area (Å²) in [6.07, 6.45) is 3.98. The lowest BCUT2D eigenvalue weighted by Crippen LogP contribution is -2.34. The van der Waals surface area contributed by atoms with Crippen molar-refractivity contribution in [2.45, 2.75) is 38.7 Å². The van der Waals surface area contributed by atoms with Gasteiger partial charge in [0.05, 0.1) is 6.54 Å². The third-order valence-corrected chi connectivity index (χ3v) is 4.25. The molecule has 1 aliphatic heterocycles. The molecule has 1 saturated heterocycles. The highest BCUT2D eigenvalue weighted by Gasteiger charge is 2.28. The minimum Gasteiger partial charge on any atom is -0.458 e. The van der Waals surface area contributed by atoms with Gasteiger partial charge in [-0.1, -0.05) is 32.9 Å². The molecule has 6 nitrogen and oxygen atoms in total. The molecule has 3 rings (SSSR count). The van der Waals surface area contributed by atoms with Crippen LogP contribution in [-0.2, 0) is 5.41 Å².